The van der Waals surface area contributed by atoms with E-state index in [4.69, 9.17) is 19.9 Å². The van der Waals surface area contributed by atoms with Crippen LogP contribution in [0.2, 0.25) is 0 Å². The zero-order valence-electron chi connectivity index (χ0n) is 13.3. The fourth-order valence-corrected chi connectivity index (χ4v) is 1.92. The van der Waals surface area contributed by atoms with Gasteiger partial charge in [0.1, 0.15) is 0 Å². The highest BCUT2D eigenvalue weighted by molar-refractivity contribution is 5.95. The molecule has 0 spiro atoms. The van der Waals surface area contributed by atoms with Crippen molar-refractivity contribution in [3.8, 4) is 17.2 Å². The van der Waals surface area contributed by atoms with Gasteiger partial charge in [0.25, 0.3) is 5.91 Å². The molecule has 0 saturated carbocycles. The molecular formula is C15H24N2O4. The summed E-state index contributed by atoms with van der Waals surface area (Å²) in [6, 6.07) is 3.35. The fraction of sp³-hybridized carbons (Fsp3) is 0.533. The third-order valence-electron chi connectivity index (χ3n) is 3.18. The van der Waals surface area contributed by atoms with E-state index in [1.165, 1.54) is 21.3 Å². The third kappa shape index (κ3) is 4.26. The van der Waals surface area contributed by atoms with E-state index in [9.17, 15) is 4.79 Å². The number of rotatable bonds is 7. The van der Waals surface area contributed by atoms with Gasteiger partial charge in [-0.25, -0.2) is 0 Å². The van der Waals surface area contributed by atoms with Gasteiger partial charge in [0, 0.05) is 25.2 Å². The van der Waals surface area contributed by atoms with E-state index in [1.54, 1.807) is 24.1 Å². The van der Waals surface area contributed by atoms with Crippen LogP contribution in [0.1, 0.15) is 23.7 Å². The summed E-state index contributed by atoms with van der Waals surface area (Å²) in [4.78, 5) is 14.1. The Hall–Kier alpha value is -1.95. The molecular weight excluding hydrogens is 272 g/mol. The number of carbonyl (C=O) groups excluding carboxylic acids is 1. The molecule has 21 heavy (non-hydrogen) atoms. The van der Waals surface area contributed by atoms with Crippen LogP contribution in [0.4, 0.5) is 0 Å². The Kier molecular flexibility index (Phi) is 6.30. The first-order valence-corrected chi connectivity index (χ1v) is 6.75. The minimum atomic E-state index is -0.116. The molecule has 0 aliphatic carbocycles. The number of nitrogens with two attached hydrogens (primary N) is 1. The van der Waals surface area contributed by atoms with Crippen LogP contribution in [0, 0.1) is 0 Å². The van der Waals surface area contributed by atoms with E-state index >= 15 is 0 Å². The quantitative estimate of drug-likeness (QED) is 0.826. The molecule has 0 fully saturated rings. The van der Waals surface area contributed by atoms with Crippen molar-refractivity contribution in [3.05, 3.63) is 17.7 Å². The molecule has 1 amide bonds. The van der Waals surface area contributed by atoms with Crippen molar-refractivity contribution in [2.24, 2.45) is 5.73 Å². The van der Waals surface area contributed by atoms with Gasteiger partial charge in [-0.3, -0.25) is 4.79 Å². The van der Waals surface area contributed by atoms with Crippen molar-refractivity contribution in [2.45, 2.75) is 19.4 Å². The Morgan fingerprint density at radius 1 is 1.19 bits per heavy atom. The number of ether oxygens (including phenoxy) is 3. The summed E-state index contributed by atoms with van der Waals surface area (Å²) in [5.74, 6) is 1.27. The summed E-state index contributed by atoms with van der Waals surface area (Å²) in [5.41, 5.74) is 6.20. The number of methoxy groups -OCH3 is 3. The molecule has 2 N–H and O–H groups in total. The van der Waals surface area contributed by atoms with E-state index in [0.29, 0.717) is 29.4 Å². The second kappa shape index (κ2) is 7.73. The zero-order valence-corrected chi connectivity index (χ0v) is 13.3. The van der Waals surface area contributed by atoms with Gasteiger partial charge in [-0.15, -0.1) is 0 Å². The molecule has 1 unspecified atom stereocenters. The maximum absolute atomic E-state index is 12.4. The molecule has 1 aromatic rings. The lowest BCUT2D eigenvalue weighted by molar-refractivity contribution is 0.0791. The summed E-state index contributed by atoms with van der Waals surface area (Å²) >= 11 is 0. The van der Waals surface area contributed by atoms with Crippen LogP contribution in [0.25, 0.3) is 0 Å². The Morgan fingerprint density at radius 2 is 1.71 bits per heavy atom. The first-order valence-electron chi connectivity index (χ1n) is 6.75. The van der Waals surface area contributed by atoms with Crippen LogP contribution in [0.5, 0.6) is 17.2 Å². The summed E-state index contributed by atoms with van der Waals surface area (Å²) in [7, 11) is 6.31. The third-order valence-corrected chi connectivity index (χ3v) is 3.18. The topological polar surface area (TPSA) is 74.0 Å². The standard InChI is InChI=1S/C15H24N2O4/c1-10(16)6-7-17(2)15(18)11-8-12(19-3)14(21-5)13(9-11)20-4/h8-10H,6-7,16H2,1-5H3. The zero-order chi connectivity index (χ0) is 16.0. The molecule has 118 valence electrons. The average molecular weight is 296 g/mol. The molecule has 6 nitrogen and oxygen atoms in total. The smallest absolute Gasteiger partial charge is 0.253 e. The second-order valence-electron chi connectivity index (χ2n) is 4.91. The Labute approximate surface area is 125 Å². The van der Waals surface area contributed by atoms with E-state index in [1.807, 2.05) is 6.92 Å². The Morgan fingerprint density at radius 3 is 2.10 bits per heavy atom. The largest absolute Gasteiger partial charge is 0.493 e. The number of hydrogen-bond acceptors (Lipinski definition) is 5. The number of nitrogens with zero attached hydrogens (tertiary/aromatic N) is 1. The van der Waals surface area contributed by atoms with Gasteiger partial charge in [-0.05, 0) is 25.5 Å². The average Bonchev–Trinajstić information content (AvgIpc) is 2.49. The highest BCUT2D eigenvalue weighted by Gasteiger charge is 2.19. The van der Waals surface area contributed by atoms with Crippen molar-refractivity contribution in [3.63, 3.8) is 0 Å². The second-order valence-corrected chi connectivity index (χ2v) is 4.91. The molecule has 6 heteroatoms. The monoisotopic (exact) mass is 296 g/mol. The molecule has 0 radical (unpaired) electrons. The number of hydrogen-bond donors (Lipinski definition) is 1. The lowest BCUT2D eigenvalue weighted by Crippen LogP contribution is -2.31. The fourth-order valence-electron chi connectivity index (χ4n) is 1.92. The highest BCUT2D eigenvalue weighted by Crippen LogP contribution is 2.38. The first-order chi connectivity index (χ1) is 9.94. The molecule has 0 heterocycles. The van der Waals surface area contributed by atoms with Crippen LogP contribution < -0.4 is 19.9 Å². The van der Waals surface area contributed by atoms with Crippen LogP contribution in [-0.2, 0) is 0 Å². The molecule has 1 rings (SSSR count). The van der Waals surface area contributed by atoms with Crippen molar-refractivity contribution in [1.82, 2.24) is 4.90 Å². The van der Waals surface area contributed by atoms with Crippen LogP contribution in [0.3, 0.4) is 0 Å². The lowest BCUT2D eigenvalue weighted by Gasteiger charge is -2.20. The summed E-state index contributed by atoms with van der Waals surface area (Å²) in [6.45, 7) is 2.50. The van der Waals surface area contributed by atoms with Gasteiger partial charge in [-0.2, -0.15) is 0 Å². The van der Waals surface area contributed by atoms with Crippen LogP contribution in [-0.4, -0.2) is 51.8 Å². The predicted octanol–water partition coefficient (Wildman–Crippen LogP) is 1.52. The molecule has 0 aliphatic rings. The van der Waals surface area contributed by atoms with Crippen molar-refractivity contribution < 1.29 is 19.0 Å². The van der Waals surface area contributed by atoms with Crippen LogP contribution in [0.15, 0.2) is 12.1 Å². The molecule has 0 bridgehead atoms. The summed E-state index contributed by atoms with van der Waals surface area (Å²) in [5, 5.41) is 0. The number of carbonyl (C=O) groups is 1. The van der Waals surface area contributed by atoms with Gasteiger partial charge in [0.2, 0.25) is 5.75 Å². The van der Waals surface area contributed by atoms with Crippen molar-refractivity contribution in [1.29, 1.82) is 0 Å². The molecule has 1 aromatic carbocycles. The van der Waals surface area contributed by atoms with Gasteiger partial charge in [0.05, 0.1) is 21.3 Å². The maximum atomic E-state index is 12.4. The Bertz CT molecular complexity index is 464. The molecule has 0 saturated heterocycles. The van der Waals surface area contributed by atoms with Crippen molar-refractivity contribution >= 4 is 5.91 Å². The van der Waals surface area contributed by atoms with Crippen LogP contribution >= 0.6 is 0 Å². The highest BCUT2D eigenvalue weighted by atomic mass is 16.5. The van der Waals surface area contributed by atoms with E-state index in [0.717, 1.165) is 6.42 Å². The van der Waals surface area contributed by atoms with Gasteiger partial charge >= 0.3 is 0 Å². The first kappa shape index (κ1) is 17.1. The number of benzene rings is 1. The minimum absolute atomic E-state index is 0.0557. The lowest BCUT2D eigenvalue weighted by atomic mass is 10.1. The molecule has 0 aromatic heterocycles. The molecule has 0 aliphatic heterocycles. The normalized spacial score (nSPS) is 11.7. The van der Waals surface area contributed by atoms with E-state index < -0.39 is 0 Å². The van der Waals surface area contributed by atoms with Gasteiger partial charge in [0.15, 0.2) is 11.5 Å². The Balaban J connectivity index is 3.04. The number of amides is 1. The van der Waals surface area contributed by atoms with Gasteiger partial charge < -0.3 is 24.8 Å². The maximum Gasteiger partial charge on any atom is 0.253 e. The summed E-state index contributed by atoms with van der Waals surface area (Å²) < 4.78 is 15.7. The predicted molar refractivity (Wildman–Crippen MR) is 81.3 cm³/mol. The summed E-state index contributed by atoms with van der Waals surface area (Å²) in [6.07, 6.45) is 0.743. The minimum Gasteiger partial charge on any atom is -0.493 e. The van der Waals surface area contributed by atoms with Gasteiger partial charge in [-0.1, -0.05) is 0 Å². The SMILES string of the molecule is COc1cc(C(=O)N(C)CCC(C)N)cc(OC)c1OC. The van der Waals surface area contributed by atoms with E-state index in [-0.39, 0.29) is 11.9 Å². The van der Waals surface area contributed by atoms with Crippen molar-refractivity contribution in [2.75, 3.05) is 34.9 Å². The van der Waals surface area contributed by atoms with E-state index in [2.05, 4.69) is 0 Å². The molecule has 1 atom stereocenters.